The van der Waals surface area contributed by atoms with Crippen LogP contribution in [-0.4, -0.2) is 81.1 Å². The molecule has 278 valence electrons. The lowest BCUT2D eigenvalue weighted by molar-refractivity contribution is -0.135. The van der Waals surface area contributed by atoms with Crippen molar-refractivity contribution in [2.75, 3.05) is 49.2 Å². The maximum absolute atomic E-state index is 15.0. The SMILES string of the molecule is CC[C@@H]([C@H](C)OC=O)n1ncn(-c2ccc(N3CCN(c4ccc(OC[C@@H]5CO[C@@](Cn6cncn6)(c6ccc(F)cc6F)C5)cc4)CC3)cc2)c1=O. The molecule has 2 fully saturated rings. The minimum absolute atomic E-state index is 0.0185. The highest BCUT2D eigenvalue weighted by Gasteiger charge is 2.44. The van der Waals surface area contributed by atoms with Crippen molar-refractivity contribution in [2.24, 2.45) is 5.92 Å². The normalized spacial score (nSPS) is 20.0. The molecular weight excluding hydrogens is 686 g/mol. The summed E-state index contributed by atoms with van der Waals surface area (Å²) in [7, 11) is 0. The molecule has 3 aromatic carbocycles. The number of piperazine rings is 1. The summed E-state index contributed by atoms with van der Waals surface area (Å²) in [5.41, 5.74) is 1.86. The van der Waals surface area contributed by atoms with E-state index in [1.165, 1.54) is 34.0 Å². The number of anilines is 2. The molecule has 0 radical (unpaired) electrons. The summed E-state index contributed by atoms with van der Waals surface area (Å²) in [4.78, 5) is 32.6. The van der Waals surface area contributed by atoms with Gasteiger partial charge in [0.1, 0.15) is 48.1 Å². The zero-order valence-electron chi connectivity index (χ0n) is 29.6. The van der Waals surface area contributed by atoms with Crippen molar-refractivity contribution in [1.29, 1.82) is 0 Å². The van der Waals surface area contributed by atoms with Gasteiger partial charge in [-0.3, -0.25) is 4.79 Å². The molecule has 0 aliphatic carbocycles. The second-order valence-corrected chi connectivity index (χ2v) is 13.5. The van der Waals surface area contributed by atoms with E-state index in [0.29, 0.717) is 43.8 Å². The Morgan fingerprint density at radius 1 is 0.943 bits per heavy atom. The van der Waals surface area contributed by atoms with Crippen molar-refractivity contribution in [3.8, 4) is 11.4 Å². The van der Waals surface area contributed by atoms with Gasteiger partial charge in [-0.05, 0) is 74.4 Å². The van der Waals surface area contributed by atoms with Crippen LogP contribution in [0.2, 0.25) is 0 Å². The van der Waals surface area contributed by atoms with Crippen LogP contribution in [0.1, 0.15) is 38.3 Å². The van der Waals surface area contributed by atoms with Crippen molar-refractivity contribution in [1.82, 2.24) is 29.1 Å². The molecule has 0 unspecified atom stereocenters. The minimum Gasteiger partial charge on any atom is -0.493 e. The highest BCUT2D eigenvalue weighted by atomic mass is 19.1. The molecule has 53 heavy (non-hydrogen) atoms. The van der Waals surface area contributed by atoms with Crippen LogP contribution in [0.25, 0.3) is 5.69 Å². The molecule has 2 aliphatic rings. The Hall–Kier alpha value is -5.57. The Kier molecular flexibility index (Phi) is 10.5. The summed E-state index contributed by atoms with van der Waals surface area (Å²) in [6.07, 6.45) is 5.05. The molecule has 5 aromatic rings. The van der Waals surface area contributed by atoms with Crippen molar-refractivity contribution >= 4 is 17.8 Å². The highest BCUT2D eigenvalue weighted by molar-refractivity contribution is 5.54. The van der Waals surface area contributed by atoms with Crippen LogP contribution in [0.5, 0.6) is 5.75 Å². The van der Waals surface area contributed by atoms with Crippen LogP contribution in [0.4, 0.5) is 20.2 Å². The third-order valence-corrected chi connectivity index (χ3v) is 10.2. The van der Waals surface area contributed by atoms with Crippen molar-refractivity contribution in [3.05, 3.63) is 113 Å². The van der Waals surface area contributed by atoms with Gasteiger partial charge in [-0.25, -0.2) is 32.5 Å². The van der Waals surface area contributed by atoms with E-state index >= 15 is 0 Å². The molecule has 2 aliphatic heterocycles. The smallest absolute Gasteiger partial charge is 0.350 e. The largest absolute Gasteiger partial charge is 0.493 e. The van der Waals surface area contributed by atoms with Crippen LogP contribution >= 0.6 is 0 Å². The van der Waals surface area contributed by atoms with Gasteiger partial charge in [-0.2, -0.15) is 10.2 Å². The summed E-state index contributed by atoms with van der Waals surface area (Å²) < 4.78 is 50.7. The average Bonchev–Trinajstić information content (AvgIpc) is 3.93. The van der Waals surface area contributed by atoms with Crippen molar-refractivity contribution < 1.29 is 27.8 Å². The Labute approximate surface area is 305 Å². The van der Waals surface area contributed by atoms with Crippen molar-refractivity contribution in [3.63, 3.8) is 0 Å². The van der Waals surface area contributed by atoms with Crippen LogP contribution in [0.15, 0.2) is 90.5 Å². The Morgan fingerprint density at radius 3 is 2.25 bits per heavy atom. The second kappa shape index (κ2) is 15.6. The van der Waals surface area contributed by atoms with Gasteiger partial charge in [0.15, 0.2) is 0 Å². The lowest BCUT2D eigenvalue weighted by atomic mass is 9.87. The van der Waals surface area contributed by atoms with E-state index < -0.39 is 23.3 Å². The molecule has 0 N–H and O–H groups in total. The summed E-state index contributed by atoms with van der Waals surface area (Å²) in [6.45, 7) is 8.37. The fraction of sp³-hybridized carbons (Fsp3) is 0.395. The molecule has 0 saturated carbocycles. The second-order valence-electron chi connectivity index (χ2n) is 13.5. The van der Waals surface area contributed by atoms with Gasteiger partial charge >= 0.3 is 5.69 Å². The van der Waals surface area contributed by atoms with E-state index in [-0.39, 0.29) is 24.2 Å². The zero-order valence-corrected chi connectivity index (χ0v) is 29.6. The fourth-order valence-corrected chi connectivity index (χ4v) is 7.40. The first-order chi connectivity index (χ1) is 25.8. The highest BCUT2D eigenvalue weighted by Crippen LogP contribution is 2.42. The number of halogens is 2. The first-order valence-corrected chi connectivity index (χ1v) is 17.8. The molecule has 4 atom stereocenters. The molecule has 0 spiro atoms. The van der Waals surface area contributed by atoms with Gasteiger partial charge in [-0.15, -0.1) is 0 Å². The third-order valence-electron chi connectivity index (χ3n) is 10.2. The Bertz CT molecular complexity index is 2030. The Morgan fingerprint density at radius 2 is 1.62 bits per heavy atom. The summed E-state index contributed by atoms with van der Waals surface area (Å²) >= 11 is 0. The number of carbonyl (C=O) groups excluding carboxylic acids is 1. The lowest BCUT2D eigenvalue weighted by Crippen LogP contribution is -2.46. The quantitative estimate of drug-likeness (QED) is 0.148. The number of carbonyl (C=O) groups is 1. The summed E-state index contributed by atoms with van der Waals surface area (Å²) in [6, 6.07) is 19.1. The van der Waals surface area contributed by atoms with Crippen LogP contribution < -0.4 is 20.2 Å². The molecule has 0 bridgehead atoms. The van der Waals surface area contributed by atoms with E-state index in [2.05, 4.69) is 37.1 Å². The van der Waals surface area contributed by atoms with E-state index in [4.69, 9.17) is 14.2 Å². The van der Waals surface area contributed by atoms with Gasteiger partial charge in [0.05, 0.1) is 31.5 Å². The number of ether oxygens (including phenoxy) is 3. The van der Waals surface area contributed by atoms with E-state index in [9.17, 15) is 18.4 Å². The summed E-state index contributed by atoms with van der Waals surface area (Å²) in [5, 5.41) is 8.48. The van der Waals surface area contributed by atoms with Crippen LogP contribution in [0.3, 0.4) is 0 Å². The first kappa shape index (κ1) is 35.8. The Balaban J connectivity index is 0.920. The minimum atomic E-state index is -1.02. The molecule has 15 heteroatoms. The monoisotopic (exact) mass is 728 g/mol. The summed E-state index contributed by atoms with van der Waals surface area (Å²) in [5.74, 6) is -0.583. The van der Waals surface area contributed by atoms with E-state index in [0.717, 1.165) is 49.4 Å². The molecule has 7 rings (SSSR count). The average molecular weight is 729 g/mol. The number of hydrogen-bond acceptors (Lipinski definition) is 10. The van der Waals surface area contributed by atoms with Gasteiger partial charge in [-0.1, -0.05) is 13.0 Å². The van der Waals surface area contributed by atoms with Gasteiger partial charge in [0.2, 0.25) is 0 Å². The molecule has 2 saturated heterocycles. The van der Waals surface area contributed by atoms with Gasteiger partial charge in [0, 0.05) is 55.1 Å². The predicted octanol–water partition coefficient (Wildman–Crippen LogP) is 4.75. The zero-order chi connectivity index (χ0) is 37.0. The lowest BCUT2D eigenvalue weighted by Gasteiger charge is -2.37. The van der Waals surface area contributed by atoms with Crippen LogP contribution in [-0.2, 0) is 26.4 Å². The first-order valence-electron chi connectivity index (χ1n) is 17.8. The number of nitrogens with zero attached hydrogens (tertiary/aromatic N) is 8. The number of rotatable bonds is 14. The fourth-order valence-electron chi connectivity index (χ4n) is 7.40. The topological polar surface area (TPSA) is 122 Å². The maximum Gasteiger partial charge on any atom is 0.350 e. The van der Waals surface area contributed by atoms with Crippen molar-refractivity contribution in [2.45, 2.75) is 51.0 Å². The molecule has 4 heterocycles. The molecule has 2 aromatic heterocycles. The molecule has 0 amide bonds. The molecule has 13 nitrogen and oxygen atoms in total. The maximum atomic E-state index is 15.0. The number of benzene rings is 3. The standard InChI is InChI=1S/C38H42F2N8O5/c1-3-36(27(2)52-26-49)48-37(50)47(25-43-48)32-7-5-30(6-8-32)44-14-16-45(17-15-44)31-9-11-33(12-10-31)51-20-28-19-38(53-21-28,22-46-24-41-23-42-46)34-13-4-29(39)18-35(34)40/h4-13,18,23-28,36H,3,14-17,19-22H2,1-2H3/t27-,28+,36-,38-/m0/s1. The van der Waals surface area contributed by atoms with E-state index in [1.807, 2.05) is 43.3 Å². The van der Waals surface area contributed by atoms with Gasteiger partial charge in [0.25, 0.3) is 6.47 Å². The predicted molar refractivity (Wildman–Crippen MR) is 192 cm³/mol. The third kappa shape index (κ3) is 7.65. The van der Waals surface area contributed by atoms with Gasteiger partial charge < -0.3 is 24.0 Å². The number of aromatic nitrogens is 6. The van der Waals surface area contributed by atoms with E-state index in [1.54, 1.807) is 17.9 Å². The number of hydrogen-bond donors (Lipinski definition) is 0. The van der Waals surface area contributed by atoms with Crippen LogP contribution in [0, 0.1) is 17.6 Å². The molecular formula is C38H42F2N8O5.